The molecule has 0 radical (unpaired) electrons. The molecular formula is C28H27NO4. The number of hydrogen-bond acceptors (Lipinski definition) is 5. The van der Waals surface area contributed by atoms with E-state index < -0.39 is 0 Å². The number of phenols is 3. The second kappa shape index (κ2) is 8.79. The van der Waals surface area contributed by atoms with Gasteiger partial charge in [0, 0.05) is 23.9 Å². The fourth-order valence-electron chi connectivity index (χ4n) is 3.91. The van der Waals surface area contributed by atoms with Gasteiger partial charge in [-0.05, 0) is 105 Å². The average Bonchev–Trinajstić information content (AvgIpc) is 2.72. The highest BCUT2D eigenvalue weighted by molar-refractivity contribution is 5.78. The van der Waals surface area contributed by atoms with Crippen LogP contribution in [0.1, 0.15) is 22.3 Å². The van der Waals surface area contributed by atoms with E-state index in [1.807, 2.05) is 75.1 Å². The first-order chi connectivity index (χ1) is 15.7. The van der Waals surface area contributed by atoms with Gasteiger partial charge in [0.25, 0.3) is 0 Å². The predicted octanol–water partition coefficient (Wildman–Crippen LogP) is 7.30. The van der Waals surface area contributed by atoms with Crippen LogP contribution < -0.4 is 9.64 Å². The van der Waals surface area contributed by atoms with Crippen LogP contribution in [0.5, 0.6) is 28.7 Å². The Morgan fingerprint density at radius 3 is 1.64 bits per heavy atom. The molecule has 5 heteroatoms. The van der Waals surface area contributed by atoms with Crippen LogP contribution in [-0.2, 0) is 0 Å². The number of anilines is 3. The van der Waals surface area contributed by atoms with E-state index in [0.717, 1.165) is 39.3 Å². The van der Waals surface area contributed by atoms with Gasteiger partial charge in [-0.1, -0.05) is 0 Å². The maximum Gasteiger partial charge on any atom is 0.134 e. The largest absolute Gasteiger partial charge is 0.508 e. The van der Waals surface area contributed by atoms with Crippen molar-refractivity contribution in [3.05, 3.63) is 95.1 Å². The molecule has 0 spiro atoms. The smallest absolute Gasteiger partial charge is 0.134 e. The van der Waals surface area contributed by atoms with Crippen molar-refractivity contribution in [1.82, 2.24) is 0 Å². The molecule has 0 heterocycles. The number of rotatable bonds is 5. The molecular weight excluding hydrogens is 414 g/mol. The van der Waals surface area contributed by atoms with Crippen molar-refractivity contribution in [3.63, 3.8) is 0 Å². The van der Waals surface area contributed by atoms with Crippen LogP contribution in [0.25, 0.3) is 0 Å². The Morgan fingerprint density at radius 1 is 0.576 bits per heavy atom. The zero-order chi connectivity index (χ0) is 23.7. The van der Waals surface area contributed by atoms with Gasteiger partial charge in [-0.2, -0.15) is 0 Å². The molecule has 3 N–H and O–H groups in total. The molecule has 168 valence electrons. The van der Waals surface area contributed by atoms with Crippen LogP contribution in [0.15, 0.2) is 72.8 Å². The van der Waals surface area contributed by atoms with Crippen molar-refractivity contribution in [2.75, 3.05) is 4.90 Å². The SMILES string of the molecule is Cc1cc(O)cc(N(c2ccc(Oc3cc(O)c(C)cc3C)cc2)c2cc(C)cc(O)c2)c1. The average molecular weight is 442 g/mol. The molecule has 5 nitrogen and oxygen atoms in total. The quantitative estimate of drug-likeness (QED) is 0.303. The van der Waals surface area contributed by atoms with Crippen LogP contribution in [0, 0.1) is 27.7 Å². The Hall–Kier alpha value is -4.12. The first kappa shape index (κ1) is 22.1. The zero-order valence-corrected chi connectivity index (χ0v) is 19.1. The normalized spacial score (nSPS) is 10.8. The van der Waals surface area contributed by atoms with Gasteiger partial charge < -0.3 is 25.0 Å². The van der Waals surface area contributed by atoms with Crippen molar-refractivity contribution >= 4 is 17.1 Å². The summed E-state index contributed by atoms with van der Waals surface area (Å²) < 4.78 is 6.01. The second-order valence-electron chi connectivity index (χ2n) is 8.39. The number of hydrogen-bond donors (Lipinski definition) is 3. The lowest BCUT2D eigenvalue weighted by Crippen LogP contribution is -2.10. The first-order valence-corrected chi connectivity index (χ1v) is 10.7. The Balaban J connectivity index is 1.74. The molecule has 0 saturated carbocycles. The van der Waals surface area contributed by atoms with Gasteiger partial charge in [-0.25, -0.2) is 0 Å². The molecule has 0 aliphatic heterocycles. The summed E-state index contributed by atoms with van der Waals surface area (Å²) in [5.74, 6) is 1.75. The minimum atomic E-state index is 0.168. The third kappa shape index (κ3) is 4.88. The zero-order valence-electron chi connectivity index (χ0n) is 19.1. The maximum atomic E-state index is 10.2. The molecule has 4 aromatic carbocycles. The standard InChI is InChI=1S/C28H27NO4/c1-17-9-22(14-24(30)11-17)29(23-10-18(2)12-25(31)15-23)21-5-7-26(8-6-21)33-28-16-27(32)19(3)13-20(28)4/h5-16,30-32H,1-4H3. The predicted molar refractivity (Wildman–Crippen MR) is 132 cm³/mol. The van der Waals surface area contributed by atoms with Crippen molar-refractivity contribution in [3.8, 4) is 28.7 Å². The van der Waals surface area contributed by atoms with Gasteiger partial charge in [0.15, 0.2) is 0 Å². The van der Waals surface area contributed by atoms with E-state index in [0.29, 0.717) is 11.5 Å². The van der Waals surface area contributed by atoms with E-state index in [2.05, 4.69) is 0 Å². The van der Waals surface area contributed by atoms with Gasteiger partial charge in [-0.15, -0.1) is 0 Å². The van der Waals surface area contributed by atoms with E-state index >= 15 is 0 Å². The van der Waals surface area contributed by atoms with Gasteiger partial charge in [-0.3, -0.25) is 0 Å². The Bertz CT molecular complexity index is 1220. The molecule has 0 atom stereocenters. The monoisotopic (exact) mass is 441 g/mol. The van der Waals surface area contributed by atoms with Crippen molar-refractivity contribution in [2.45, 2.75) is 27.7 Å². The summed E-state index contributed by atoms with van der Waals surface area (Å²) in [6.07, 6.45) is 0. The number of aromatic hydroxyl groups is 3. The maximum absolute atomic E-state index is 10.2. The van der Waals surface area contributed by atoms with Crippen molar-refractivity contribution in [1.29, 1.82) is 0 Å². The van der Waals surface area contributed by atoms with Gasteiger partial charge >= 0.3 is 0 Å². The van der Waals surface area contributed by atoms with E-state index in [9.17, 15) is 15.3 Å². The molecule has 0 aliphatic carbocycles. The third-order valence-electron chi connectivity index (χ3n) is 5.43. The summed E-state index contributed by atoms with van der Waals surface area (Å²) in [6.45, 7) is 7.63. The summed E-state index contributed by atoms with van der Waals surface area (Å²) in [5.41, 5.74) is 5.94. The minimum Gasteiger partial charge on any atom is -0.508 e. The van der Waals surface area contributed by atoms with E-state index in [4.69, 9.17) is 4.74 Å². The van der Waals surface area contributed by atoms with Crippen molar-refractivity contribution < 1.29 is 20.1 Å². The third-order valence-corrected chi connectivity index (χ3v) is 5.43. The Morgan fingerprint density at radius 2 is 1.12 bits per heavy atom. The molecule has 4 rings (SSSR count). The lowest BCUT2D eigenvalue weighted by molar-refractivity contribution is 0.450. The number of ether oxygens (including phenoxy) is 1. The molecule has 0 fully saturated rings. The molecule has 0 saturated heterocycles. The summed E-state index contributed by atoms with van der Waals surface area (Å²) >= 11 is 0. The summed E-state index contributed by atoms with van der Waals surface area (Å²) in [6, 6.07) is 21.8. The number of phenolic OH excluding ortho intramolecular Hbond substituents is 3. The van der Waals surface area contributed by atoms with E-state index in [-0.39, 0.29) is 17.2 Å². The summed E-state index contributed by atoms with van der Waals surface area (Å²) in [4.78, 5) is 1.96. The number of aryl methyl sites for hydroxylation is 4. The molecule has 4 aromatic rings. The lowest BCUT2D eigenvalue weighted by Gasteiger charge is -2.26. The second-order valence-corrected chi connectivity index (χ2v) is 8.39. The van der Waals surface area contributed by atoms with Crippen LogP contribution >= 0.6 is 0 Å². The molecule has 0 unspecified atom stereocenters. The first-order valence-electron chi connectivity index (χ1n) is 10.7. The van der Waals surface area contributed by atoms with Crippen LogP contribution in [0.3, 0.4) is 0 Å². The van der Waals surface area contributed by atoms with E-state index in [1.165, 1.54) is 0 Å². The highest BCUT2D eigenvalue weighted by Crippen LogP contribution is 2.39. The molecule has 0 aromatic heterocycles. The van der Waals surface area contributed by atoms with E-state index in [1.54, 1.807) is 30.3 Å². The van der Waals surface area contributed by atoms with Crippen LogP contribution in [-0.4, -0.2) is 15.3 Å². The van der Waals surface area contributed by atoms with Crippen LogP contribution in [0.4, 0.5) is 17.1 Å². The Kier molecular flexibility index (Phi) is 5.88. The van der Waals surface area contributed by atoms with Gasteiger partial charge in [0.05, 0.1) is 11.4 Å². The molecule has 0 aliphatic rings. The summed E-state index contributed by atoms with van der Waals surface area (Å²) in [7, 11) is 0. The van der Waals surface area contributed by atoms with Gasteiger partial charge in [0.1, 0.15) is 28.7 Å². The fraction of sp³-hybridized carbons (Fsp3) is 0.143. The Labute approximate surface area is 193 Å². The lowest BCUT2D eigenvalue weighted by atomic mass is 10.1. The molecule has 33 heavy (non-hydrogen) atoms. The topological polar surface area (TPSA) is 73.2 Å². The summed E-state index contributed by atoms with van der Waals surface area (Å²) in [5, 5.41) is 30.4. The highest BCUT2D eigenvalue weighted by atomic mass is 16.5. The molecule has 0 bridgehead atoms. The number of benzene rings is 4. The number of nitrogens with zero attached hydrogens (tertiary/aromatic N) is 1. The molecule has 0 amide bonds. The van der Waals surface area contributed by atoms with Gasteiger partial charge in [0.2, 0.25) is 0 Å². The minimum absolute atomic E-state index is 0.168. The highest BCUT2D eigenvalue weighted by Gasteiger charge is 2.16. The van der Waals surface area contributed by atoms with Crippen LogP contribution in [0.2, 0.25) is 0 Å². The van der Waals surface area contributed by atoms with Crippen molar-refractivity contribution in [2.24, 2.45) is 0 Å². The fourth-order valence-corrected chi connectivity index (χ4v) is 3.91.